The molecule has 0 spiro atoms. The van der Waals surface area contributed by atoms with Crippen molar-refractivity contribution in [1.29, 1.82) is 0 Å². The van der Waals surface area contributed by atoms with Gasteiger partial charge in [-0.15, -0.1) is 0 Å². The lowest BCUT2D eigenvalue weighted by atomic mass is 9.98. The van der Waals surface area contributed by atoms with Gasteiger partial charge in [0.1, 0.15) is 11.2 Å². The van der Waals surface area contributed by atoms with Crippen molar-refractivity contribution in [3.63, 3.8) is 0 Å². The molecule has 4 heteroatoms. The fourth-order valence-corrected chi connectivity index (χ4v) is 7.38. The molecule has 10 rings (SSSR count). The van der Waals surface area contributed by atoms with Crippen LogP contribution in [0.5, 0.6) is 0 Å². The van der Waals surface area contributed by atoms with Gasteiger partial charge in [0.05, 0.1) is 0 Å². The molecule has 0 aliphatic rings. The molecule has 4 nitrogen and oxygen atoms in total. The van der Waals surface area contributed by atoms with Crippen LogP contribution < -0.4 is 0 Å². The third-order valence-electron chi connectivity index (χ3n) is 10.1. The number of nitrogens with zero attached hydrogens (tertiary/aromatic N) is 3. The summed E-state index contributed by atoms with van der Waals surface area (Å²) in [5, 5.41) is 2.15. The van der Waals surface area contributed by atoms with Crippen LogP contribution in [0.25, 0.3) is 101 Å². The van der Waals surface area contributed by atoms with Gasteiger partial charge in [0.15, 0.2) is 17.5 Å². The molecular formula is C51H33N3O. The molecule has 0 fully saturated rings. The molecule has 55 heavy (non-hydrogen) atoms. The Morgan fingerprint density at radius 2 is 0.691 bits per heavy atom. The maximum atomic E-state index is 6.49. The molecule has 0 N–H and O–H groups in total. The summed E-state index contributed by atoms with van der Waals surface area (Å²) in [5.41, 5.74) is 13.5. The molecule has 0 saturated carbocycles. The van der Waals surface area contributed by atoms with Gasteiger partial charge >= 0.3 is 0 Å². The van der Waals surface area contributed by atoms with E-state index in [9.17, 15) is 0 Å². The van der Waals surface area contributed by atoms with E-state index in [0.717, 1.165) is 72.0 Å². The van der Waals surface area contributed by atoms with Crippen molar-refractivity contribution in [2.24, 2.45) is 0 Å². The molecule has 0 saturated heterocycles. The van der Waals surface area contributed by atoms with Crippen molar-refractivity contribution in [3.05, 3.63) is 200 Å². The normalized spacial score (nSPS) is 11.3. The molecule has 0 amide bonds. The predicted octanol–water partition coefficient (Wildman–Crippen LogP) is 13.4. The Bertz CT molecular complexity index is 2950. The van der Waals surface area contributed by atoms with Crippen LogP contribution >= 0.6 is 0 Å². The standard InChI is InChI=1S/C51H33N3O/c1-4-13-34(14-5-1)39-19-10-20-40(31-39)36-25-27-38(28-26-36)49-52-50(42-22-11-21-41(32-42)35-15-6-2-7-16-35)54-51(53-49)43-29-30-45-47(33-43)55-46-24-12-23-44(48(45)46)37-17-8-3-9-18-37/h1-33H. The summed E-state index contributed by atoms with van der Waals surface area (Å²) >= 11 is 0. The highest BCUT2D eigenvalue weighted by Crippen LogP contribution is 2.38. The van der Waals surface area contributed by atoms with Gasteiger partial charge in [-0.2, -0.15) is 0 Å². The molecule has 0 radical (unpaired) electrons. The number of benzene rings is 8. The van der Waals surface area contributed by atoms with Gasteiger partial charge in [-0.05, 0) is 74.8 Å². The first-order valence-electron chi connectivity index (χ1n) is 18.4. The van der Waals surface area contributed by atoms with Crippen LogP contribution in [0.3, 0.4) is 0 Å². The Balaban J connectivity index is 1.08. The second kappa shape index (κ2) is 13.8. The smallest absolute Gasteiger partial charge is 0.164 e. The monoisotopic (exact) mass is 703 g/mol. The van der Waals surface area contributed by atoms with Crippen LogP contribution in [0, 0.1) is 0 Å². The molecule has 0 unspecified atom stereocenters. The van der Waals surface area contributed by atoms with Crippen LogP contribution in [0.15, 0.2) is 205 Å². The molecule has 2 heterocycles. The molecule has 0 aliphatic carbocycles. The highest BCUT2D eigenvalue weighted by molar-refractivity contribution is 6.13. The van der Waals surface area contributed by atoms with Crippen molar-refractivity contribution >= 4 is 21.9 Å². The summed E-state index contributed by atoms with van der Waals surface area (Å²) in [5.74, 6) is 1.79. The third-order valence-corrected chi connectivity index (χ3v) is 10.1. The number of rotatable bonds is 7. The number of hydrogen-bond donors (Lipinski definition) is 0. The van der Waals surface area contributed by atoms with Crippen molar-refractivity contribution in [2.75, 3.05) is 0 Å². The van der Waals surface area contributed by atoms with Crippen LogP contribution in [-0.4, -0.2) is 15.0 Å². The number of aromatic nitrogens is 3. The second-order valence-electron chi connectivity index (χ2n) is 13.6. The molecule has 2 aromatic heterocycles. The first-order chi connectivity index (χ1) is 27.2. The summed E-state index contributed by atoms with van der Waals surface area (Å²) < 4.78 is 6.49. The summed E-state index contributed by atoms with van der Waals surface area (Å²) in [6.07, 6.45) is 0. The van der Waals surface area contributed by atoms with Gasteiger partial charge < -0.3 is 4.42 Å². The minimum Gasteiger partial charge on any atom is -0.456 e. The topological polar surface area (TPSA) is 51.8 Å². The fraction of sp³-hybridized carbons (Fsp3) is 0. The average molecular weight is 704 g/mol. The molecule has 0 bridgehead atoms. The zero-order valence-corrected chi connectivity index (χ0v) is 29.8. The second-order valence-corrected chi connectivity index (χ2v) is 13.6. The van der Waals surface area contributed by atoms with E-state index in [1.54, 1.807) is 0 Å². The van der Waals surface area contributed by atoms with Gasteiger partial charge in [0, 0.05) is 27.5 Å². The summed E-state index contributed by atoms with van der Waals surface area (Å²) in [6.45, 7) is 0. The van der Waals surface area contributed by atoms with E-state index in [-0.39, 0.29) is 0 Å². The molecule has 8 aromatic carbocycles. The average Bonchev–Trinajstić information content (AvgIpc) is 3.66. The summed E-state index contributed by atoms with van der Waals surface area (Å²) in [7, 11) is 0. The van der Waals surface area contributed by atoms with Crippen LogP contribution in [-0.2, 0) is 0 Å². The Kier molecular flexibility index (Phi) is 8.12. The van der Waals surface area contributed by atoms with Crippen molar-refractivity contribution in [2.45, 2.75) is 0 Å². The quantitative estimate of drug-likeness (QED) is 0.166. The van der Waals surface area contributed by atoms with E-state index < -0.39 is 0 Å². The Morgan fingerprint density at radius 3 is 1.29 bits per heavy atom. The fourth-order valence-electron chi connectivity index (χ4n) is 7.38. The lowest BCUT2D eigenvalue weighted by Gasteiger charge is -2.11. The van der Waals surface area contributed by atoms with Crippen molar-refractivity contribution in [3.8, 4) is 78.7 Å². The Hall–Kier alpha value is -7.43. The maximum Gasteiger partial charge on any atom is 0.164 e. The summed E-state index contributed by atoms with van der Waals surface area (Å²) in [6, 6.07) is 69.3. The van der Waals surface area contributed by atoms with Crippen molar-refractivity contribution < 1.29 is 4.42 Å². The minimum absolute atomic E-state index is 0.579. The zero-order valence-electron chi connectivity index (χ0n) is 29.8. The van der Waals surface area contributed by atoms with E-state index in [1.165, 1.54) is 11.1 Å². The van der Waals surface area contributed by atoms with Gasteiger partial charge in [-0.25, -0.2) is 15.0 Å². The van der Waals surface area contributed by atoms with E-state index in [4.69, 9.17) is 19.4 Å². The van der Waals surface area contributed by atoms with Crippen LogP contribution in [0.2, 0.25) is 0 Å². The zero-order chi connectivity index (χ0) is 36.6. The molecular weight excluding hydrogens is 671 g/mol. The van der Waals surface area contributed by atoms with Crippen LogP contribution in [0.4, 0.5) is 0 Å². The molecule has 0 aliphatic heterocycles. The minimum atomic E-state index is 0.579. The maximum absolute atomic E-state index is 6.49. The lowest BCUT2D eigenvalue weighted by molar-refractivity contribution is 0.669. The van der Waals surface area contributed by atoms with E-state index in [2.05, 4.69) is 170 Å². The first kappa shape index (κ1) is 32.2. The SMILES string of the molecule is c1ccc(-c2cccc(-c3ccc(-c4nc(-c5cccc(-c6ccccc6)c5)nc(-c5ccc6c(c5)oc5cccc(-c7ccccc7)c56)n4)cc3)c2)cc1. The van der Waals surface area contributed by atoms with Crippen molar-refractivity contribution in [1.82, 2.24) is 15.0 Å². The molecule has 10 aromatic rings. The van der Waals surface area contributed by atoms with Gasteiger partial charge in [0.2, 0.25) is 0 Å². The van der Waals surface area contributed by atoms with E-state index >= 15 is 0 Å². The largest absolute Gasteiger partial charge is 0.456 e. The van der Waals surface area contributed by atoms with Gasteiger partial charge in [-0.3, -0.25) is 0 Å². The molecule has 258 valence electrons. The highest BCUT2D eigenvalue weighted by atomic mass is 16.3. The highest BCUT2D eigenvalue weighted by Gasteiger charge is 2.17. The molecule has 0 atom stereocenters. The van der Waals surface area contributed by atoms with Gasteiger partial charge in [-0.1, -0.05) is 170 Å². The lowest BCUT2D eigenvalue weighted by Crippen LogP contribution is -2.00. The summed E-state index contributed by atoms with van der Waals surface area (Å²) in [4.78, 5) is 15.3. The van der Waals surface area contributed by atoms with Gasteiger partial charge in [0.25, 0.3) is 0 Å². The Morgan fingerprint density at radius 1 is 0.273 bits per heavy atom. The first-order valence-corrected chi connectivity index (χ1v) is 18.4. The Labute approximate surface area is 319 Å². The number of furan rings is 1. The number of fused-ring (bicyclic) bond motifs is 3. The predicted molar refractivity (Wildman–Crippen MR) is 225 cm³/mol. The van der Waals surface area contributed by atoms with E-state index in [0.29, 0.717) is 17.5 Å². The third kappa shape index (κ3) is 6.26. The number of hydrogen-bond acceptors (Lipinski definition) is 4. The van der Waals surface area contributed by atoms with Crippen LogP contribution in [0.1, 0.15) is 0 Å². The van der Waals surface area contributed by atoms with E-state index in [1.807, 2.05) is 30.3 Å².